The summed E-state index contributed by atoms with van der Waals surface area (Å²) in [5, 5.41) is 9.10. The van der Waals surface area contributed by atoms with Crippen LogP contribution in [0.1, 0.15) is 26.3 Å². The van der Waals surface area contributed by atoms with Crippen LogP contribution in [0.25, 0.3) is 11.1 Å². The van der Waals surface area contributed by atoms with Gasteiger partial charge in [0, 0.05) is 11.1 Å². The monoisotopic (exact) mass is 319 g/mol. The summed E-state index contributed by atoms with van der Waals surface area (Å²) in [6.45, 7) is 5.39. The predicted molar refractivity (Wildman–Crippen MR) is 87.9 cm³/mol. The first-order valence-electron chi connectivity index (χ1n) is 7.06. The Hall–Kier alpha value is -1.69. The van der Waals surface area contributed by atoms with Crippen molar-refractivity contribution in [3.05, 3.63) is 54.1 Å². The first kappa shape index (κ1) is 16.7. The van der Waals surface area contributed by atoms with Gasteiger partial charge < -0.3 is 5.11 Å². The second kappa shape index (κ2) is 6.20. The third-order valence-electron chi connectivity index (χ3n) is 3.06. The normalized spacial score (nSPS) is 12.4. The summed E-state index contributed by atoms with van der Waals surface area (Å²) in [4.78, 5) is 0.252. The summed E-state index contributed by atoms with van der Waals surface area (Å²) in [5.41, 5.74) is 1.68. The zero-order valence-corrected chi connectivity index (χ0v) is 13.8. The molecule has 0 aromatic heterocycles. The molecule has 0 atom stereocenters. The molecule has 22 heavy (non-hydrogen) atoms. The second-order valence-corrected chi connectivity index (χ2v) is 7.86. The van der Waals surface area contributed by atoms with E-state index in [-0.39, 0.29) is 11.5 Å². The highest BCUT2D eigenvalue weighted by molar-refractivity contribution is 7.89. The molecule has 0 fully saturated rings. The molecule has 2 aromatic rings. The van der Waals surface area contributed by atoms with Crippen LogP contribution >= 0.6 is 0 Å². The number of sulfonamides is 1. The molecule has 118 valence electrons. The highest BCUT2D eigenvalue weighted by Crippen LogP contribution is 2.28. The third-order valence-corrected chi connectivity index (χ3v) is 4.88. The Labute approximate surface area is 131 Å². The van der Waals surface area contributed by atoms with Crippen molar-refractivity contribution in [2.45, 2.75) is 37.8 Å². The van der Waals surface area contributed by atoms with Crippen LogP contribution in [0.3, 0.4) is 0 Å². The number of hydrogen-bond donors (Lipinski definition) is 2. The fourth-order valence-electron chi connectivity index (χ4n) is 2.19. The average molecular weight is 319 g/mol. The van der Waals surface area contributed by atoms with Gasteiger partial charge in [-0.2, -0.15) is 0 Å². The first-order chi connectivity index (χ1) is 10.2. The molecular weight excluding hydrogens is 298 g/mol. The first-order valence-corrected chi connectivity index (χ1v) is 8.54. The van der Waals surface area contributed by atoms with Gasteiger partial charge in [-0.15, -0.1) is 0 Å². The van der Waals surface area contributed by atoms with E-state index in [1.54, 1.807) is 30.3 Å². The van der Waals surface area contributed by atoms with Gasteiger partial charge in [-0.05, 0) is 38.0 Å². The molecule has 0 unspecified atom stereocenters. The Morgan fingerprint density at radius 2 is 1.59 bits per heavy atom. The number of aliphatic hydroxyl groups excluding tert-OH is 1. The molecule has 0 spiro atoms. The SMILES string of the molecule is CC(C)(C)NS(=O)(=O)c1ccccc1-c1ccc(CO)cc1. The summed E-state index contributed by atoms with van der Waals surface area (Å²) in [7, 11) is -3.61. The van der Waals surface area contributed by atoms with Crippen LogP contribution in [-0.2, 0) is 16.6 Å². The lowest BCUT2D eigenvalue weighted by Crippen LogP contribution is -2.40. The van der Waals surface area contributed by atoms with Gasteiger partial charge in [0.2, 0.25) is 10.0 Å². The van der Waals surface area contributed by atoms with Gasteiger partial charge in [-0.1, -0.05) is 42.5 Å². The van der Waals surface area contributed by atoms with E-state index in [1.165, 1.54) is 0 Å². The Kier molecular flexibility index (Phi) is 4.70. The Bertz CT molecular complexity index is 744. The minimum Gasteiger partial charge on any atom is -0.392 e. The Morgan fingerprint density at radius 1 is 1.00 bits per heavy atom. The molecule has 0 saturated heterocycles. The number of benzene rings is 2. The molecule has 0 saturated carbocycles. The summed E-state index contributed by atoms with van der Waals surface area (Å²) in [5.74, 6) is 0. The fourth-order valence-corrected chi connectivity index (χ4v) is 3.84. The molecule has 0 aliphatic rings. The van der Waals surface area contributed by atoms with E-state index in [1.807, 2.05) is 39.0 Å². The number of rotatable bonds is 4. The van der Waals surface area contributed by atoms with Crippen LogP contribution < -0.4 is 4.72 Å². The van der Waals surface area contributed by atoms with Crippen LogP contribution in [0, 0.1) is 0 Å². The predicted octanol–water partition coefficient (Wildman–Crippen LogP) is 2.92. The number of nitrogens with one attached hydrogen (secondary N) is 1. The summed E-state index contributed by atoms with van der Waals surface area (Å²) in [6, 6.07) is 14.1. The molecule has 0 aliphatic carbocycles. The van der Waals surface area contributed by atoms with Crippen molar-refractivity contribution in [2.24, 2.45) is 0 Å². The summed E-state index contributed by atoms with van der Waals surface area (Å²) >= 11 is 0. The van der Waals surface area contributed by atoms with Crippen molar-refractivity contribution in [2.75, 3.05) is 0 Å². The van der Waals surface area contributed by atoms with Crippen LogP contribution in [0.15, 0.2) is 53.4 Å². The van der Waals surface area contributed by atoms with Crippen molar-refractivity contribution >= 4 is 10.0 Å². The molecule has 0 radical (unpaired) electrons. The van der Waals surface area contributed by atoms with Gasteiger partial charge in [-0.25, -0.2) is 13.1 Å². The lowest BCUT2D eigenvalue weighted by atomic mass is 10.0. The smallest absolute Gasteiger partial charge is 0.241 e. The zero-order chi connectivity index (χ0) is 16.4. The minimum atomic E-state index is -3.61. The molecule has 5 heteroatoms. The molecule has 0 bridgehead atoms. The van der Waals surface area contributed by atoms with Crippen molar-refractivity contribution in [1.29, 1.82) is 0 Å². The molecular formula is C17H21NO3S. The van der Waals surface area contributed by atoms with Crippen LogP contribution in [0.5, 0.6) is 0 Å². The maximum Gasteiger partial charge on any atom is 0.241 e. The molecule has 2 N–H and O–H groups in total. The van der Waals surface area contributed by atoms with E-state index in [9.17, 15) is 8.42 Å². The zero-order valence-electron chi connectivity index (χ0n) is 13.0. The molecule has 0 aliphatic heterocycles. The lowest BCUT2D eigenvalue weighted by molar-refractivity contribution is 0.282. The van der Waals surface area contributed by atoms with Crippen molar-refractivity contribution in [1.82, 2.24) is 4.72 Å². The maximum absolute atomic E-state index is 12.6. The van der Waals surface area contributed by atoms with E-state index >= 15 is 0 Å². The maximum atomic E-state index is 12.6. The van der Waals surface area contributed by atoms with E-state index in [0.717, 1.165) is 11.1 Å². The highest BCUT2D eigenvalue weighted by atomic mass is 32.2. The quantitative estimate of drug-likeness (QED) is 0.910. The van der Waals surface area contributed by atoms with E-state index < -0.39 is 15.6 Å². The standard InChI is InChI=1S/C17H21NO3S/c1-17(2,3)18-22(20,21)16-7-5-4-6-15(16)14-10-8-13(12-19)9-11-14/h4-11,18-19H,12H2,1-3H3. The molecule has 4 nitrogen and oxygen atoms in total. The molecule has 0 amide bonds. The van der Waals surface area contributed by atoms with Gasteiger partial charge in [0.05, 0.1) is 11.5 Å². The topological polar surface area (TPSA) is 66.4 Å². The lowest BCUT2D eigenvalue weighted by Gasteiger charge is -2.21. The molecule has 2 rings (SSSR count). The average Bonchev–Trinajstić information content (AvgIpc) is 2.45. The Morgan fingerprint density at radius 3 is 2.14 bits per heavy atom. The minimum absolute atomic E-state index is 0.0359. The van der Waals surface area contributed by atoms with E-state index in [4.69, 9.17) is 5.11 Å². The van der Waals surface area contributed by atoms with Crippen molar-refractivity contribution < 1.29 is 13.5 Å². The largest absolute Gasteiger partial charge is 0.392 e. The van der Waals surface area contributed by atoms with Gasteiger partial charge in [0.15, 0.2) is 0 Å². The number of aliphatic hydroxyl groups is 1. The highest BCUT2D eigenvalue weighted by Gasteiger charge is 2.24. The van der Waals surface area contributed by atoms with Gasteiger partial charge >= 0.3 is 0 Å². The van der Waals surface area contributed by atoms with E-state index in [0.29, 0.717) is 5.56 Å². The van der Waals surface area contributed by atoms with E-state index in [2.05, 4.69) is 4.72 Å². The van der Waals surface area contributed by atoms with Crippen LogP contribution in [-0.4, -0.2) is 19.1 Å². The third kappa shape index (κ3) is 3.94. The Balaban J connectivity index is 2.51. The van der Waals surface area contributed by atoms with Crippen LogP contribution in [0.4, 0.5) is 0 Å². The molecule has 0 heterocycles. The van der Waals surface area contributed by atoms with Gasteiger partial charge in [-0.3, -0.25) is 0 Å². The second-order valence-electron chi connectivity index (χ2n) is 6.21. The summed E-state index contributed by atoms with van der Waals surface area (Å²) in [6.07, 6.45) is 0. The fraction of sp³-hybridized carbons (Fsp3) is 0.294. The van der Waals surface area contributed by atoms with Gasteiger partial charge in [0.25, 0.3) is 0 Å². The molecule has 2 aromatic carbocycles. The summed E-state index contributed by atoms with van der Waals surface area (Å²) < 4.78 is 27.9. The van der Waals surface area contributed by atoms with Crippen molar-refractivity contribution in [3.8, 4) is 11.1 Å². The van der Waals surface area contributed by atoms with Crippen molar-refractivity contribution in [3.63, 3.8) is 0 Å². The van der Waals surface area contributed by atoms with Gasteiger partial charge in [0.1, 0.15) is 0 Å². The number of hydrogen-bond acceptors (Lipinski definition) is 3. The van der Waals surface area contributed by atoms with Crippen LogP contribution in [0.2, 0.25) is 0 Å².